The van der Waals surface area contributed by atoms with Crippen LogP contribution in [0.5, 0.6) is 0 Å². The van der Waals surface area contributed by atoms with E-state index in [0.717, 1.165) is 5.56 Å². The van der Waals surface area contributed by atoms with E-state index >= 15 is 0 Å². The number of nitrogens with two attached hydrogens (primary N) is 1. The van der Waals surface area contributed by atoms with Gasteiger partial charge in [-0.05, 0) is 36.8 Å². The summed E-state index contributed by atoms with van der Waals surface area (Å²) in [5.41, 5.74) is 5.28. The summed E-state index contributed by atoms with van der Waals surface area (Å²) >= 11 is 0. The van der Waals surface area contributed by atoms with Crippen LogP contribution in [0, 0.1) is 11.3 Å². The molecule has 1 unspecified atom stereocenters. The Bertz CT molecular complexity index is 1180. The molecule has 4 N–H and O–H groups in total. The molecule has 0 spiro atoms. The third-order valence-electron chi connectivity index (χ3n) is 8.89. The number of carbonyl (C=O) groups excluding carboxylic acids is 5. The zero-order valence-corrected chi connectivity index (χ0v) is 28.3. The number of hydrogen-bond donors (Lipinski definition) is 3. The quantitative estimate of drug-likeness (QED) is 0.310. The Morgan fingerprint density at radius 3 is 2.09 bits per heavy atom. The van der Waals surface area contributed by atoms with E-state index in [4.69, 9.17) is 5.73 Å². The molecule has 11 heteroatoms. The molecule has 1 aliphatic heterocycles. The summed E-state index contributed by atoms with van der Waals surface area (Å²) in [7, 11) is 3.40. The lowest BCUT2D eigenvalue weighted by molar-refractivity contribution is -0.145. The maximum absolute atomic E-state index is 14.2. The Morgan fingerprint density at radius 2 is 1.61 bits per heavy atom. The molecule has 2 rings (SSSR count). The number of primary amides is 1. The van der Waals surface area contributed by atoms with Crippen LogP contribution in [0.1, 0.15) is 73.8 Å². The fourth-order valence-corrected chi connectivity index (χ4v) is 6.02. The fraction of sp³-hybridized carbons (Fsp3) is 0.667. The zero-order valence-electron chi connectivity index (χ0n) is 28.3. The summed E-state index contributed by atoms with van der Waals surface area (Å²) in [6, 6.07) is 7.14. The maximum Gasteiger partial charge on any atom is 0.245 e. The Kier molecular flexibility index (Phi) is 12.5. The molecule has 0 aromatic heterocycles. The van der Waals surface area contributed by atoms with E-state index in [1.807, 2.05) is 78.8 Å². The molecule has 1 heterocycles. The molecule has 11 nitrogen and oxygen atoms in total. The molecule has 0 bridgehead atoms. The van der Waals surface area contributed by atoms with Gasteiger partial charge < -0.3 is 31.1 Å². The van der Waals surface area contributed by atoms with Crippen LogP contribution in [0.25, 0.3) is 0 Å². The molecule has 1 fully saturated rings. The van der Waals surface area contributed by atoms with E-state index in [1.54, 1.807) is 19.0 Å². The lowest BCUT2D eigenvalue weighted by Crippen LogP contribution is -2.62. The zero-order chi connectivity index (χ0) is 33.6. The molecule has 1 saturated heterocycles. The van der Waals surface area contributed by atoms with Gasteiger partial charge in [-0.2, -0.15) is 0 Å². The van der Waals surface area contributed by atoms with Gasteiger partial charge in [-0.15, -0.1) is 0 Å². The molecule has 1 aromatic rings. The second-order valence-corrected chi connectivity index (χ2v) is 13.9. The normalized spacial score (nSPS) is 17.5. The van der Waals surface area contributed by atoms with Crippen LogP contribution in [0.3, 0.4) is 0 Å². The summed E-state index contributed by atoms with van der Waals surface area (Å²) in [6.07, 6.45) is 1.17. The highest BCUT2D eigenvalue weighted by atomic mass is 16.2. The lowest BCUT2D eigenvalue weighted by atomic mass is 9.76. The smallest absolute Gasteiger partial charge is 0.245 e. The van der Waals surface area contributed by atoms with E-state index in [2.05, 4.69) is 10.6 Å². The molecule has 246 valence electrons. The summed E-state index contributed by atoms with van der Waals surface area (Å²) < 4.78 is 0. The Morgan fingerprint density at radius 1 is 1.02 bits per heavy atom. The SMILES string of the molecule is CN[C@H](C(=O)N[C@H](C(=O)N(C)[C@H](CN(CC(=O)N1CCCC1C(N)=O)C(C)=O)C(C)C)C(C)(C)C)C(C)(C)c1ccccc1. The Labute approximate surface area is 263 Å². The first-order chi connectivity index (χ1) is 20.3. The number of amides is 5. The van der Waals surface area contributed by atoms with Crippen molar-refractivity contribution >= 4 is 29.5 Å². The van der Waals surface area contributed by atoms with Crippen LogP contribution in [0.4, 0.5) is 0 Å². The molecule has 1 aliphatic rings. The van der Waals surface area contributed by atoms with Crippen LogP contribution in [-0.4, -0.2) is 102 Å². The number of likely N-dealkylation sites (N-methyl/N-ethyl adjacent to an activating group) is 2. The van der Waals surface area contributed by atoms with Gasteiger partial charge in [-0.25, -0.2) is 0 Å². The van der Waals surface area contributed by atoms with Crippen molar-refractivity contribution in [1.29, 1.82) is 0 Å². The molecule has 44 heavy (non-hydrogen) atoms. The van der Waals surface area contributed by atoms with Crippen LogP contribution >= 0.6 is 0 Å². The molecular weight excluding hydrogens is 560 g/mol. The number of nitrogens with zero attached hydrogens (tertiary/aromatic N) is 3. The van der Waals surface area contributed by atoms with E-state index in [0.29, 0.717) is 19.4 Å². The molecule has 1 aromatic carbocycles. The van der Waals surface area contributed by atoms with Crippen molar-refractivity contribution in [3.63, 3.8) is 0 Å². The largest absolute Gasteiger partial charge is 0.368 e. The summed E-state index contributed by atoms with van der Waals surface area (Å²) in [4.78, 5) is 70.1. The van der Waals surface area contributed by atoms with Crippen molar-refractivity contribution in [1.82, 2.24) is 25.3 Å². The van der Waals surface area contributed by atoms with Crippen LogP contribution in [0.15, 0.2) is 30.3 Å². The first kappa shape index (κ1) is 36.7. The monoisotopic (exact) mass is 614 g/mol. The summed E-state index contributed by atoms with van der Waals surface area (Å²) in [5.74, 6) is -1.89. The highest BCUT2D eigenvalue weighted by Crippen LogP contribution is 2.29. The van der Waals surface area contributed by atoms with E-state index in [1.165, 1.54) is 16.7 Å². The number of benzene rings is 1. The number of likely N-dealkylation sites (tertiary alicyclic amines) is 1. The van der Waals surface area contributed by atoms with Crippen LogP contribution in [-0.2, 0) is 29.4 Å². The van der Waals surface area contributed by atoms with Gasteiger partial charge in [0, 0.05) is 32.5 Å². The average molecular weight is 615 g/mol. The van der Waals surface area contributed by atoms with Gasteiger partial charge in [0.15, 0.2) is 0 Å². The van der Waals surface area contributed by atoms with Crippen molar-refractivity contribution in [2.24, 2.45) is 17.1 Å². The van der Waals surface area contributed by atoms with E-state index in [9.17, 15) is 24.0 Å². The molecule has 0 aliphatic carbocycles. The number of carbonyl (C=O) groups is 5. The van der Waals surface area contributed by atoms with Gasteiger partial charge in [0.25, 0.3) is 0 Å². The molecule has 0 radical (unpaired) electrons. The second kappa shape index (κ2) is 15.0. The predicted molar refractivity (Wildman–Crippen MR) is 171 cm³/mol. The third kappa shape index (κ3) is 8.80. The van der Waals surface area contributed by atoms with Gasteiger partial charge in [0.05, 0.1) is 18.6 Å². The van der Waals surface area contributed by atoms with Gasteiger partial charge in [0.1, 0.15) is 12.1 Å². The molecule has 0 saturated carbocycles. The van der Waals surface area contributed by atoms with Crippen LogP contribution < -0.4 is 16.4 Å². The molecular formula is C33H54N6O5. The number of hydrogen-bond acceptors (Lipinski definition) is 6. The number of nitrogens with one attached hydrogen (secondary N) is 2. The standard InChI is InChI=1S/C33H54N6O5/c1-21(2)25(19-38(22(3)40)20-26(41)39-18-14-17-24(39)29(34)42)37(10)31(44)28(32(4,5)6)36-30(43)27(35-9)33(7,8)23-15-12-11-13-16-23/h11-13,15-16,21,24-25,27-28,35H,14,17-20H2,1-10H3,(H2,34,42)(H,36,43)/t24?,25-,27-,28-/m1/s1. The third-order valence-corrected chi connectivity index (χ3v) is 8.89. The van der Waals surface area contributed by atoms with Crippen molar-refractivity contribution in [2.75, 3.05) is 33.7 Å². The molecule has 5 amide bonds. The second-order valence-electron chi connectivity index (χ2n) is 13.9. The minimum absolute atomic E-state index is 0.0792. The highest BCUT2D eigenvalue weighted by molar-refractivity contribution is 5.92. The van der Waals surface area contributed by atoms with Crippen LogP contribution in [0.2, 0.25) is 0 Å². The Balaban J connectivity index is 2.29. The van der Waals surface area contributed by atoms with Crippen molar-refractivity contribution < 1.29 is 24.0 Å². The fourth-order valence-electron chi connectivity index (χ4n) is 6.02. The first-order valence-corrected chi connectivity index (χ1v) is 15.5. The summed E-state index contributed by atoms with van der Waals surface area (Å²) in [5, 5.41) is 6.19. The highest BCUT2D eigenvalue weighted by Gasteiger charge is 2.42. The van der Waals surface area contributed by atoms with E-state index in [-0.39, 0.29) is 42.6 Å². The Hall–Kier alpha value is -3.47. The van der Waals surface area contributed by atoms with Gasteiger partial charge >= 0.3 is 0 Å². The lowest BCUT2D eigenvalue weighted by Gasteiger charge is -2.41. The topological polar surface area (TPSA) is 145 Å². The van der Waals surface area contributed by atoms with Crippen molar-refractivity contribution in [2.45, 2.75) is 97.8 Å². The maximum atomic E-state index is 14.2. The predicted octanol–water partition coefficient (Wildman–Crippen LogP) is 1.89. The van der Waals surface area contributed by atoms with E-state index < -0.39 is 40.9 Å². The average Bonchev–Trinajstić information content (AvgIpc) is 3.44. The van der Waals surface area contributed by atoms with Gasteiger partial charge in [-0.1, -0.05) is 78.8 Å². The summed E-state index contributed by atoms with van der Waals surface area (Å²) in [6.45, 7) is 15.3. The first-order valence-electron chi connectivity index (χ1n) is 15.5. The number of rotatable bonds is 13. The molecule has 4 atom stereocenters. The van der Waals surface area contributed by atoms with Gasteiger partial charge in [0.2, 0.25) is 29.5 Å². The minimum atomic E-state index is -0.864. The minimum Gasteiger partial charge on any atom is -0.368 e. The van der Waals surface area contributed by atoms with Crippen molar-refractivity contribution in [3.8, 4) is 0 Å². The van der Waals surface area contributed by atoms with Gasteiger partial charge in [-0.3, -0.25) is 24.0 Å². The van der Waals surface area contributed by atoms with Crippen molar-refractivity contribution in [3.05, 3.63) is 35.9 Å².